The lowest BCUT2D eigenvalue weighted by molar-refractivity contribution is -0.153. The van der Waals surface area contributed by atoms with E-state index >= 15 is 0 Å². The number of alkyl halides is 3. The highest BCUT2D eigenvalue weighted by atomic mass is 32.2. The van der Waals surface area contributed by atoms with Gasteiger partial charge in [0.1, 0.15) is 23.1 Å². The molecule has 1 atom stereocenters. The van der Waals surface area contributed by atoms with E-state index in [2.05, 4.69) is 20.7 Å². The van der Waals surface area contributed by atoms with Crippen LogP contribution in [0, 0.1) is 11.3 Å². The van der Waals surface area contributed by atoms with Gasteiger partial charge in [0, 0.05) is 18.9 Å². The number of halogens is 3. The van der Waals surface area contributed by atoms with Gasteiger partial charge in [-0.15, -0.1) is 0 Å². The number of amides is 2. The third kappa shape index (κ3) is 5.87. The number of aromatic nitrogens is 3. The zero-order valence-electron chi connectivity index (χ0n) is 21.6. The zero-order valence-corrected chi connectivity index (χ0v) is 22.4. The van der Waals surface area contributed by atoms with Crippen LogP contribution < -0.4 is 15.4 Å². The molecule has 3 heterocycles. The summed E-state index contributed by atoms with van der Waals surface area (Å²) in [4.78, 5) is 30.4. The van der Waals surface area contributed by atoms with Crippen LogP contribution in [0.3, 0.4) is 0 Å². The van der Waals surface area contributed by atoms with Gasteiger partial charge in [-0.3, -0.25) is 9.59 Å². The van der Waals surface area contributed by atoms with E-state index in [1.165, 1.54) is 29.1 Å². The van der Waals surface area contributed by atoms with Crippen LogP contribution in [0.15, 0.2) is 36.5 Å². The van der Waals surface area contributed by atoms with E-state index in [0.29, 0.717) is 25.0 Å². The Morgan fingerprint density at radius 1 is 1.29 bits per heavy atom. The number of anilines is 1. The number of nitriles is 1. The lowest BCUT2D eigenvalue weighted by atomic mass is 9.72. The smallest absolute Gasteiger partial charge is 0.422 e. The molecule has 2 N–H and O–H groups in total. The normalized spacial score (nSPS) is 18.2. The molecule has 15 heteroatoms. The standard InChI is InChI=1S/C26H23F3N6O5S/c1-41(38,39)13-21(36)32-23-22-19(34-35(23)20-7-4-15(11-30)12-31-20)10-25(33-24(22)37)8-2-3-16-9-17(5-6-18(16)25)40-14-26(27,28)29/h4-7,9,12H,2-3,8,10,13-14H2,1H3,(H,32,36)(H,33,37)/t25-/m0/s1. The highest BCUT2D eigenvalue weighted by Gasteiger charge is 2.45. The van der Waals surface area contributed by atoms with Crippen LogP contribution in [0.5, 0.6) is 5.75 Å². The van der Waals surface area contributed by atoms with Crippen molar-refractivity contribution >= 4 is 27.5 Å². The minimum atomic E-state index is -4.48. The highest BCUT2D eigenvalue weighted by Crippen LogP contribution is 2.43. The third-order valence-corrected chi connectivity index (χ3v) is 7.58. The molecule has 0 fully saturated rings. The van der Waals surface area contributed by atoms with Crippen molar-refractivity contribution in [3.63, 3.8) is 0 Å². The first-order valence-corrected chi connectivity index (χ1v) is 14.4. The number of rotatable bonds is 6. The van der Waals surface area contributed by atoms with E-state index in [9.17, 15) is 31.2 Å². The van der Waals surface area contributed by atoms with E-state index < -0.39 is 45.7 Å². The van der Waals surface area contributed by atoms with Gasteiger partial charge in [0.05, 0.1) is 16.8 Å². The maximum Gasteiger partial charge on any atom is 0.422 e. The van der Waals surface area contributed by atoms with Crippen molar-refractivity contribution in [1.29, 1.82) is 5.26 Å². The fraction of sp³-hybridized carbons (Fsp3) is 0.346. The molecule has 0 saturated heterocycles. The molecule has 2 aromatic heterocycles. The number of hydrogen-bond donors (Lipinski definition) is 2. The van der Waals surface area contributed by atoms with Crippen molar-refractivity contribution in [2.24, 2.45) is 0 Å². The quantitative estimate of drug-likeness (QED) is 0.445. The Morgan fingerprint density at radius 3 is 2.73 bits per heavy atom. The SMILES string of the molecule is CS(=O)(=O)CC(=O)Nc1c2c(nn1-c1ccc(C#N)cn1)C[C@]1(CCCc3cc(OCC(F)(F)F)ccc31)NC2=O. The van der Waals surface area contributed by atoms with Crippen molar-refractivity contribution in [3.8, 4) is 17.6 Å². The zero-order chi connectivity index (χ0) is 29.6. The van der Waals surface area contributed by atoms with Crippen LogP contribution in [0.2, 0.25) is 0 Å². The molecule has 0 bridgehead atoms. The van der Waals surface area contributed by atoms with Crippen LogP contribution in [0.4, 0.5) is 19.0 Å². The summed E-state index contributed by atoms with van der Waals surface area (Å²) in [5, 5.41) is 19.2. The van der Waals surface area contributed by atoms with Crippen LogP contribution in [0.25, 0.3) is 5.82 Å². The largest absolute Gasteiger partial charge is 0.484 e. The number of aryl methyl sites for hydroxylation is 1. The van der Waals surface area contributed by atoms with Gasteiger partial charge in [0.15, 0.2) is 28.1 Å². The number of fused-ring (bicyclic) bond motifs is 3. The Kier molecular flexibility index (Phi) is 6.98. The Labute approximate surface area is 232 Å². The summed E-state index contributed by atoms with van der Waals surface area (Å²) < 4.78 is 67.5. The van der Waals surface area contributed by atoms with E-state index in [1.54, 1.807) is 12.1 Å². The average molecular weight is 589 g/mol. The van der Waals surface area contributed by atoms with Crippen LogP contribution in [-0.4, -0.2) is 59.8 Å². The molecule has 1 aliphatic carbocycles. The van der Waals surface area contributed by atoms with Gasteiger partial charge < -0.3 is 15.4 Å². The molecule has 41 heavy (non-hydrogen) atoms. The number of benzene rings is 1. The fourth-order valence-corrected chi connectivity index (χ4v) is 5.78. The van der Waals surface area contributed by atoms with Crippen molar-refractivity contribution in [3.05, 3.63) is 64.5 Å². The summed E-state index contributed by atoms with van der Waals surface area (Å²) in [5.41, 5.74) is 1.12. The second-order valence-corrected chi connectivity index (χ2v) is 12.1. The maximum atomic E-state index is 13.6. The first-order valence-electron chi connectivity index (χ1n) is 12.4. The number of nitrogens with one attached hydrogen (secondary N) is 2. The first kappa shape index (κ1) is 28.1. The van der Waals surface area contributed by atoms with Crippen molar-refractivity contribution < 1.29 is 35.9 Å². The molecular formula is C26H23F3N6O5S. The molecule has 3 aromatic rings. The molecular weight excluding hydrogens is 565 g/mol. The Morgan fingerprint density at radius 2 is 2.07 bits per heavy atom. The van der Waals surface area contributed by atoms with Gasteiger partial charge in [-0.2, -0.15) is 28.2 Å². The van der Waals surface area contributed by atoms with Gasteiger partial charge in [-0.25, -0.2) is 13.4 Å². The minimum absolute atomic E-state index is 0.0286. The van der Waals surface area contributed by atoms with Crippen molar-refractivity contribution in [1.82, 2.24) is 20.1 Å². The molecule has 1 spiro atoms. The molecule has 0 saturated carbocycles. The number of hydrogen-bond acceptors (Lipinski definition) is 8. The number of pyridine rings is 1. The summed E-state index contributed by atoms with van der Waals surface area (Å²) in [7, 11) is -3.69. The molecule has 0 radical (unpaired) electrons. The summed E-state index contributed by atoms with van der Waals surface area (Å²) in [6, 6.07) is 9.49. The van der Waals surface area contributed by atoms with Gasteiger partial charge >= 0.3 is 6.18 Å². The number of carbonyl (C=O) groups excluding carboxylic acids is 2. The molecule has 1 aliphatic heterocycles. The van der Waals surface area contributed by atoms with Crippen LogP contribution in [0.1, 0.15) is 45.6 Å². The molecule has 2 amide bonds. The van der Waals surface area contributed by atoms with Gasteiger partial charge in [-0.05, 0) is 54.7 Å². The third-order valence-electron chi connectivity index (χ3n) is 6.80. The lowest BCUT2D eigenvalue weighted by Gasteiger charge is -2.42. The Balaban J connectivity index is 1.55. The monoisotopic (exact) mass is 588 g/mol. The summed E-state index contributed by atoms with van der Waals surface area (Å²) in [6.45, 7) is -1.42. The highest BCUT2D eigenvalue weighted by molar-refractivity contribution is 7.91. The van der Waals surface area contributed by atoms with E-state index in [1.807, 2.05) is 6.07 Å². The fourth-order valence-electron chi connectivity index (χ4n) is 5.23. The average Bonchev–Trinajstić information content (AvgIpc) is 3.24. The number of nitrogens with zero attached hydrogens (tertiary/aromatic N) is 4. The molecule has 5 rings (SSSR count). The first-order chi connectivity index (χ1) is 19.3. The number of carbonyl (C=O) groups is 2. The van der Waals surface area contributed by atoms with E-state index in [-0.39, 0.29) is 34.9 Å². The predicted molar refractivity (Wildman–Crippen MR) is 138 cm³/mol. The molecule has 2 aliphatic rings. The minimum Gasteiger partial charge on any atom is -0.484 e. The van der Waals surface area contributed by atoms with Crippen molar-refractivity contribution in [2.45, 2.75) is 37.4 Å². The summed E-state index contributed by atoms with van der Waals surface area (Å²) in [6.07, 6.45) is -0.399. The Bertz CT molecular complexity index is 1700. The summed E-state index contributed by atoms with van der Waals surface area (Å²) >= 11 is 0. The topological polar surface area (TPSA) is 156 Å². The van der Waals surface area contributed by atoms with Gasteiger partial charge in [0.25, 0.3) is 5.91 Å². The van der Waals surface area contributed by atoms with Crippen molar-refractivity contribution in [2.75, 3.05) is 23.9 Å². The van der Waals surface area contributed by atoms with E-state index in [4.69, 9.17) is 10.00 Å². The Hall–Kier alpha value is -4.45. The second kappa shape index (κ2) is 10.2. The number of ether oxygens (including phenoxy) is 1. The number of sulfone groups is 1. The molecule has 1 aromatic carbocycles. The second-order valence-electron chi connectivity index (χ2n) is 10.0. The van der Waals surface area contributed by atoms with Gasteiger partial charge in [-0.1, -0.05) is 6.07 Å². The summed E-state index contributed by atoms with van der Waals surface area (Å²) in [5.74, 6) is -2.13. The molecule has 214 valence electrons. The van der Waals surface area contributed by atoms with Crippen LogP contribution in [-0.2, 0) is 33.0 Å². The molecule has 0 unspecified atom stereocenters. The van der Waals surface area contributed by atoms with Crippen LogP contribution >= 0.6 is 0 Å². The van der Waals surface area contributed by atoms with E-state index in [0.717, 1.165) is 17.4 Å². The maximum absolute atomic E-state index is 13.6. The predicted octanol–water partition coefficient (Wildman–Crippen LogP) is 2.58. The lowest BCUT2D eigenvalue weighted by Crippen LogP contribution is -2.52. The molecule has 11 nitrogen and oxygen atoms in total. The van der Waals surface area contributed by atoms with Gasteiger partial charge in [0.2, 0.25) is 5.91 Å².